The van der Waals surface area contributed by atoms with Gasteiger partial charge in [0.05, 0.1) is 11.3 Å². The second kappa shape index (κ2) is 6.12. The molecule has 19 heavy (non-hydrogen) atoms. The maximum Gasteiger partial charge on any atom is 0.339 e. The fourth-order valence-electron chi connectivity index (χ4n) is 1.42. The summed E-state index contributed by atoms with van der Waals surface area (Å²) >= 11 is 0. The number of anilines is 1. The van der Waals surface area contributed by atoms with E-state index in [0.29, 0.717) is 5.69 Å². The molecule has 1 atom stereocenters. The lowest BCUT2D eigenvalue weighted by Crippen LogP contribution is -2.41. The summed E-state index contributed by atoms with van der Waals surface area (Å²) in [6.07, 6.45) is 1.22. The average Bonchev–Trinajstić information content (AvgIpc) is 2.27. The zero-order chi connectivity index (χ0) is 14.6. The van der Waals surface area contributed by atoms with Gasteiger partial charge in [-0.15, -0.1) is 0 Å². The fourth-order valence-corrected chi connectivity index (χ4v) is 1.42. The Labute approximate surface area is 111 Å². The van der Waals surface area contributed by atoms with Crippen molar-refractivity contribution in [3.8, 4) is 0 Å². The second-order valence-corrected chi connectivity index (χ2v) is 4.53. The molecular formula is C12H18N4O3. The van der Waals surface area contributed by atoms with Crippen molar-refractivity contribution >= 4 is 17.8 Å². The average molecular weight is 266 g/mol. The Kier molecular flexibility index (Phi) is 4.80. The molecule has 1 heterocycles. The van der Waals surface area contributed by atoms with E-state index in [0.717, 1.165) is 0 Å². The quantitative estimate of drug-likeness (QED) is 0.728. The molecule has 3 N–H and O–H groups in total. The van der Waals surface area contributed by atoms with Crippen molar-refractivity contribution in [2.75, 3.05) is 5.32 Å². The number of nitrogens with one attached hydrogen (secondary N) is 2. The molecule has 1 amide bonds. The summed E-state index contributed by atoms with van der Waals surface area (Å²) in [6.45, 7) is 7.00. The number of rotatable bonds is 5. The van der Waals surface area contributed by atoms with Crippen molar-refractivity contribution in [3.63, 3.8) is 0 Å². The van der Waals surface area contributed by atoms with E-state index in [2.05, 4.69) is 20.6 Å². The molecule has 0 bridgehead atoms. The minimum atomic E-state index is -1.07. The molecule has 0 spiro atoms. The van der Waals surface area contributed by atoms with Gasteiger partial charge >= 0.3 is 5.97 Å². The number of aromatic nitrogens is 2. The van der Waals surface area contributed by atoms with E-state index in [1.54, 1.807) is 13.8 Å². The van der Waals surface area contributed by atoms with Gasteiger partial charge in [-0.1, -0.05) is 0 Å². The van der Waals surface area contributed by atoms with Gasteiger partial charge in [-0.3, -0.25) is 4.79 Å². The van der Waals surface area contributed by atoms with Crippen LogP contribution in [0.15, 0.2) is 6.20 Å². The highest BCUT2D eigenvalue weighted by molar-refractivity contribution is 5.88. The topological polar surface area (TPSA) is 104 Å². The first-order valence-electron chi connectivity index (χ1n) is 5.95. The summed E-state index contributed by atoms with van der Waals surface area (Å²) in [5, 5.41) is 14.4. The van der Waals surface area contributed by atoms with Crippen LogP contribution >= 0.6 is 0 Å². The highest BCUT2D eigenvalue weighted by atomic mass is 16.4. The van der Waals surface area contributed by atoms with Crippen LogP contribution in [-0.4, -0.2) is 39.0 Å². The SMILES string of the molecule is Cc1nc(NC(C)C(=O)NC(C)C)ncc1C(=O)O. The predicted octanol–water partition coefficient (Wildman–Crippen LogP) is 0.808. The normalized spacial score (nSPS) is 12.1. The standard InChI is InChI=1S/C12H18N4O3/c1-6(2)14-10(17)8(4)16-12-13-5-9(11(18)19)7(3)15-12/h5-6,8H,1-4H3,(H,14,17)(H,18,19)(H,13,15,16). The molecule has 0 fully saturated rings. The minimum absolute atomic E-state index is 0.0461. The van der Waals surface area contributed by atoms with Crippen LogP contribution in [0.1, 0.15) is 36.8 Å². The van der Waals surface area contributed by atoms with E-state index in [4.69, 9.17) is 5.11 Å². The maximum atomic E-state index is 11.7. The third kappa shape index (κ3) is 4.20. The van der Waals surface area contributed by atoms with Crippen molar-refractivity contribution in [2.45, 2.75) is 39.8 Å². The number of aryl methyl sites for hydroxylation is 1. The highest BCUT2D eigenvalue weighted by Crippen LogP contribution is 2.08. The van der Waals surface area contributed by atoms with Crippen molar-refractivity contribution in [1.29, 1.82) is 0 Å². The number of nitrogens with zero attached hydrogens (tertiary/aromatic N) is 2. The Hall–Kier alpha value is -2.18. The first kappa shape index (κ1) is 14.9. The molecule has 7 heteroatoms. The molecule has 1 rings (SSSR count). The summed E-state index contributed by atoms with van der Waals surface area (Å²) in [5.41, 5.74) is 0.395. The molecular weight excluding hydrogens is 248 g/mol. The minimum Gasteiger partial charge on any atom is -0.478 e. The van der Waals surface area contributed by atoms with Crippen LogP contribution in [0.2, 0.25) is 0 Å². The van der Waals surface area contributed by atoms with Crippen LogP contribution in [0.4, 0.5) is 5.95 Å². The molecule has 0 saturated heterocycles. The molecule has 0 aliphatic heterocycles. The number of carboxylic acids is 1. The fraction of sp³-hybridized carbons (Fsp3) is 0.500. The van der Waals surface area contributed by atoms with Gasteiger partial charge in [0.25, 0.3) is 0 Å². The van der Waals surface area contributed by atoms with E-state index >= 15 is 0 Å². The second-order valence-electron chi connectivity index (χ2n) is 4.53. The maximum absolute atomic E-state index is 11.7. The number of carbonyl (C=O) groups excluding carboxylic acids is 1. The number of amides is 1. The zero-order valence-corrected chi connectivity index (χ0v) is 11.4. The Balaban J connectivity index is 2.75. The largest absolute Gasteiger partial charge is 0.478 e. The summed E-state index contributed by atoms with van der Waals surface area (Å²) in [5.74, 6) is -1.01. The number of hydrogen-bond donors (Lipinski definition) is 3. The number of hydrogen-bond acceptors (Lipinski definition) is 5. The summed E-state index contributed by atoms with van der Waals surface area (Å²) in [6, 6.07) is -0.453. The van der Waals surface area contributed by atoms with Gasteiger partial charge in [0, 0.05) is 12.2 Å². The Bertz CT molecular complexity index is 488. The summed E-state index contributed by atoms with van der Waals surface area (Å²) in [7, 11) is 0. The van der Waals surface area contributed by atoms with Crippen molar-refractivity contribution < 1.29 is 14.7 Å². The number of carboxylic acid groups (broad SMARTS) is 1. The molecule has 0 aromatic carbocycles. The summed E-state index contributed by atoms with van der Waals surface area (Å²) in [4.78, 5) is 30.4. The van der Waals surface area contributed by atoms with E-state index < -0.39 is 12.0 Å². The van der Waals surface area contributed by atoms with Crippen LogP contribution in [0.3, 0.4) is 0 Å². The summed E-state index contributed by atoms with van der Waals surface area (Å²) < 4.78 is 0. The molecule has 0 aliphatic carbocycles. The molecule has 0 saturated carbocycles. The molecule has 0 radical (unpaired) electrons. The molecule has 1 aromatic heterocycles. The first-order chi connectivity index (χ1) is 8.81. The van der Waals surface area contributed by atoms with Crippen LogP contribution in [-0.2, 0) is 4.79 Å². The third-order valence-corrected chi connectivity index (χ3v) is 2.38. The lowest BCUT2D eigenvalue weighted by molar-refractivity contribution is -0.122. The Morgan fingerprint density at radius 1 is 1.32 bits per heavy atom. The Morgan fingerprint density at radius 3 is 2.42 bits per heavy atom. The predicted molar refractivity (Wildman–Crippen MR) is 70.1 cm³/mol. The highest BCUT2D eigenvalue weighted by Gasteiger charge is 2.16. The van der Waals surface area contributed by atoms with Crippen LogP contribution in [0, 0.1) is 6.92 Å². The lowest BCUT2D eigenvalue weighted by Gasteiger charge is -2.16. The first-order valence-corrected chi connectivity index (χ1v) is 5.95. The van der Waals surface area contributed by atoms with Crippen molar-refractivity contribution in [3.05, 3.63) is 17.5 Å². The van der Waals surface area contributed by atoms with Gasteiger partial charge in [-0.25, -0.2) is 14.8 Å². The molecule has 0 aliphatic rings. The van der Waals surface area contributed by atoms with Crippen molar-refractivity contribution in [2.24, 2.45) is 0 Å². The number of aromatic carboxylic acids is 1. The van der Waals surface area contributed by atoms with Crippen LogP contribution in [0.5, 0.6) is 0 Å². The number of carbonyl (C=O) groups is 2. The zero-order valence-electron chi connectivity index (χ0n) is 11.4. The van der Waals surface area contributed by atoms with E-state index in [1.807, 2.05) is 13.8 Å². The van der Waals surface area contributed by atoms with Gasteiger partial charge in [0.15, 0.2) is 0 Å². The van der Waals surface area contributed by atoms with E-state index in [-0.39, 0.29) is 23.5 Å². The van der Waals surface area contributed by atoms with Gasteiger partial charge in [-0.2, -0.15) is 0 Å². The van der Waals surface area contributed by atoms with Crippen molar-refractivity contribution in [1.82, 2.24) is 15.3 Å². The molecule has 104 valence electrons. The monoisotopic (exact) mass is 266 g/mol. The van der Waals surface area contributed by atoms with Crippen LogP contribution < -0.4 is 10.6 Å². The van der Waals surface area contributed by atoms with Gasteiger partial charge in [0.1, 0.15) is 6.04 Å². The van der Waals surface area contributed by atoms with E-state index in [9.17, 15) is 9.59 Å². The molecule has 1 aromatic rings. The van der Waals surface area contributed by atoms with E-state index in [1.165, 1.54) is 6.20 Å². The molecule has 7 nitrogen and oxygen atoms in total. The van der Waals surface area contributed by atoms with Gasteiger partial charge in [0.2, 0.25) is 11.9 Å². The third-order valence-electron chi connectivity index (χ3n) is 2.38. The smallest absolute Gasteiger partial charge is 0.339 e. The Morgan fingerprint density at radius 2 is 1.95 bits per heavy atom. The van der Waals surface area contributed by atoms with Crippen LogP contribution in [0.25, 0.3) is 0 Å². The van der Waals surface area contributed by atoms with Gasteiger partial charge < -0.3 is 15.7 Å². The van der Waals surface area contributed by atoms with Gasteiger partial charge in [-0.05, 0) is 27.7 Å². The lowest BCUT2D eigenvalue weighted by atomic mass is 10.2. The molecule has 1 unspecified atom stereocenters.